The number of aliphatic hydroxyl groups excluding tert-OH is 1. The fourth-order valence-corrected chi connectivity index (χ4v) is 4.13. The summed E-state index contributed by atoms with van der Waals surface area (Å²) in [6.07, 6.45) is 4.29. The molecule has 5 nitrogen and oxygen atoms in total. The van der Waals surface area contributed by atoms with Crippen LogP contribution in [0.5, 0.6) is 0 Å². The number of cyclic esters (lactones) is 1. The zero-order chi connectivity index (χ0) is 21.0. The summed E-state index contributed by atoms with van der Waals surface area (Å²) >= 11 is 0. The normalized spacial score (nSPS) is 19.9. The molecule has 0 spiro atoms. The Morgan fingerprint density at radius 3 is 2.47 bits per heavy atom. The van der Waals surface area contributed by atoms with Crippen molar-refractivity contribution in [3.8, 4) is 11.1 Å². The lowest BCUT2D eigenvalue weighted by molar-refractivity contribution is -0.0718. The minimum Gasteiger partial charge on any atom is -0.438 e. The molecule has 4 rings (SSSR count). The fourth-order valence-electron chi connectivity index (χ4n) is 4.13. The third kappa shape index (κ3) is 3.94. The van der Waals surface area contributed by atoms with Gasteiger partial charge in [-0.2, -0.15) is 0 Å². The first kappa shape index (κ1) is 20.1. The van der Waals surface area contributed by atoms with Crippen LogP contribution >= 0.6 is 0 Å². The van der Waals surface area contributed by atoms with Gasteiger partial charge in [0, 0.05) is 38.4 Å². The van der Waals surface area contributed by atoms with E-state index in [1.165, 1.54) is 0 Å². The number of aliphatic hydroxyl groups is 1. The molecular formula is C25H26N2O3. The molecule has 0 aliphatic carbocycles. The molecule has 1 N–H and O–H groups in total. The van der Waals surface area contributed by atoms with E-state index in [1.807, 2.05) is 67.7 Å². The molecular weight excluding hydrogens is 376 g/mol. The van der Waals surface area contributed by atoms with Crippen LogP contribution in [-0.2, 0) is 10.3 Å². The summed E-state index contributed by atoms with van der Waals surface area (Å²) in [5, 5.41) is 9.59. The van der Waals surface area contributed by atoms with Crippen LogP contribution in [-0.4, -0.2) is 34.2 Å². The number of carbonyl (C=O) groups is 1. The van der Waals surface area contributed by atoms with Crippen LogP contribution in [0.4, 0.5) is 4.79 Å². The van der Waals surface area contributed by atoms with E-state index in [0.717, 1.165) is 22.3 Å². The van der Waals surface area contributed by atoms with Gasteiger partial charge in [0.2, 0.25) is 0 Å². The molecule has 1 unspecified atom stereocenters. The molecule has 2 heterocycles. The number of hydrogen-bond acceptors (Lipinski definition) is 4. The van der Waals surface area contributed by atoms with Gasteiger partial charge in [-0.3, -0.25) is 4.98 Å². The number of nitrogens with zero attached hydrogens (tertiary/aromatic N) is 2. The maximum absolute atomic E-state index is 13.0. The van der Waals surface area contributed by atoms with E-state index < -0.39 is 5.60 Å². The highest BCUT2D eigenvalue weighted by atomic mass is 16.6. The van der Waals surface area contributed by atoms with Crippen molar-refractivity contribution >= 4 is 6.09 Å². The smallest absolute Gasteiger partial charge is 0.411 e. The summed E-state index contributed by atoms with van der Waals surface area (Å²) in [6.45, 7) is 2.55. The molecule has 1 saturated heterocycles. The van der Waals surface area contributed by atoms with E-state index >= 15 is 0 Å². The summed E-state index contributed by atoms with van der Waals surface area (Å²) < 4.78 is 5.97. The highest BCUT2D eigenvalue weighted by molar-refractivity contribution is 5.70. The number of amides is 1. The zero-order valence-corrected chi connectivity index (χ0v) is 17.1. The van der Waals surface area contributed by atoms with Crippen molar-refractivity contribution in [3.63, 3.8) is 0 Å². The van der Waals surface area contributed by atoms with Crippen molar-refractivity contribution in [1.29, 1.82) is 0 Å². The Morgan fingerprint density at radius 2 is 1.83 bits per heavy atom. The molecule has 1 aliphatic rings. The van der Waals surface area contributed by atoms with Crippen molar-refractivity contribution in [3.05, 3.63) is 90.3 Å². The van der Waals surface area contributed by atoms with E-state index in [1.54, 1.807) is 11.1 Å². The third-order valence-electron chi connectivity index (χ3n) is 5.94. The van der Waals surface area contributed by atoms with Gasteiger partial charge in [-0.25, -0.2) is 4.79 Å². The van der Waals surface area contributed by atoms with Crippen LogP contribution in [0.1, 0.15) is 36.9 Å². The molecule has 0 bridgehead atoms. The lowest BCUT2D eigenvalue weighted by Gasteiger charge is -2.43. The van der Waals surface area contributed by atoms with Crippen LogP contribution in [0.3, 0.4) is 0 Å². The molecule has 0 saturated carbocycles. The average Bonchev–Trinajstić information content (AvgIpc) is 2.80. The molecule has 1 aromatic heterocycles. The molecule has 1 amide bonds. The number of aromatic nitrogens is 1. The van der Waals surface area contributed by atoms with Crippen LogP contribution in [0.2, 0.25) is 0 Å². The molecule has 2 aromatic carbocycles. The fraction of sp³-hybridized carbons (Fsp3) is 0.280. The third-order valence-corrected chi connectivity index (χ3v) is 5.94. The minimum atomic E-state index is -0.770. The van der Waals surface area contributed by atoms with Crippen LogP contribution < -0.4 is 0 Å². The molecule has 1 fully saturated rings. The van der Waals surface area contributed by atoms with Gasteiger partial charge >= 0.3 is 6.09 Å². The van der Waals surface area contributed by atoms with E-state index in [9.17, 15) is 9.90 Å². The average molecular weight is 402 g/mol. The summed E-state index contributed by atoms with van der Waals surface area (Å²) in [7, 11) is 0. The molecule has 2 atom stereocenters. The Kier molecular flexibility index (Phi) is 5.81. The summed E-state index contributed by atoms with van der Waals surface area (Å²) in [4.78, 5) is 18.9. The molecule has 3 aromatic rings. The standard InChI is InChI=1S/C25H26N2O3/c1-19(20-9-11-21(12-10-20)22-6-5-15-26-18-22)27-16-13-25(14-17-28,30-24(27)29)23-7-3-2-4-8-23/h2-12,15,18-19,28H,13-14,16-17H2,1H3/t19?,25-/m0/s1. The lowest BCUT2D eigenvalue weighted by atomic mass is 9.85. The van der Waals surface area contributed by atoms with E-state index in [2.05, 4.69) is 17.1 Å². The highest BCUT2D eigenvalue weighted by Crippen LogP contribution is 2.39. The molecule has 30 heavy (non-hydrogen) atoms. The largest absolute Gasteiger partial charge is 0.438 e. The van der Waals surface area contributed by atoms with Crippen molar-refractivity contribution in [2.45, 2.75) is 31.4 Å². The minimum absolute atomic E-state index is 0.0342. The first-order chi connectivity index (χ1) is 14.6. The second-order valence-electron chi connectivity index (χ2n) is 7.68. The van der Waals surface area contributed by atoms with Gasteiger partial charge in [0.1, 0.15) is 5.60 Å². The number of rotatable bonds is 6. The first-order valence-electron chi connectivity index (χ1n) is 10.3. The maximum Gasteiger partial charge on any atom is 0.411 e. The summed E-state index contributed by atoms with van der Waals surface area (Å²) in [6, 6.07) is 21.8. The number of benzene rings is 2. The Balaban J connectivity index is 1.51. The number of pyridine rings is 1. The Bertz CT molecular complexity index is 976. The SMILES string of the molecule is CC(c1ccc(-c2cccnc2)cc1)N1CC[C@](CCO)(c2ccccc2)OC1=O. The van der Waals surface area contributed by atoms with Gasteiger partial charge < -0.3 is 14.7 Å². The summed E-state index contributed by atoms with van der Waals surface area (Å²) in [5.74, 6) is 0. The van der Waals surface area contributed by atoms with Gasteiger partial charge in [0.25, 0.3) is 0 Å². The Hall–Kier alpha value is -3.18. The predicted molar refractivity (Wildman–Crippen MR) is 116 cm³/mol. The van der Waals surface area contributed by atoms with Crippen molar-refractivity contribution < 1.29 is 14.6 Å². The lowest BCUT2D eigenvalue weighted by Crippen LogP contribution is -2.49. The van der Waals surface area contributed by atoms with Crippen LogP contribution in [0.25, 0.3) is 11.1 Å². The first-order valence-corrected chi connectivity index (χ1v) is 10.3. The molecule has 1 aliphatic heterocycles. The molecule has 5 heteroatoms. The van der Waals surface area contributed by atoms with Gasteiger partial charge in [0.05, 0.1) is 6.04 Å². The van der Waals surface area contributed by atoms with E-state index in [0.29, 0.717) is 19.4 Å². The van der Waals surface area contributed by atoms with Gasteiger partial charge in [0.15, 0.2) is 0 Å². The zero-order valence-electron chi connectivity index (χ0n) is 17.1. The number of ether oxygens (including phenoxy) is 1. The molecule has 154 valence electrons. The maximum atomic E-state index is 13.0. The Labute approximate surface area is 177 Å². The summed E-state index contributed by atoms with van der Waals surface area (Å²) in [5.41, 5.74) is 3.36. The second kappa shape index (κ2) is 8.67. The van der Waals surface area contributed by atoms with Gasteiger partial charge in [-0.05, 0) is 35.2 Å². The van der Waals surface area contributed by atoms with E-state index in [-0.39, 0.29) is 18.7 Å². The highest BCUT2D eigenvalue weighted by Gasteiger charge is 2.43. The topological polar surface area (TPSA) is 62.7 Å². The second-order valence-corrected chi connectivity index (χ2v) is 7.68. The number of hydrogen-bond donors (Lipinski definition) is 1. The molecule has 0 radical (unpaired) electrons. The predicted octanol–water partition coefficient (Wildman–Crippen LogP) is 4.93. The van der Waals surface area contributed by atoms with Crippen molar-refractivity contribution in [1.82, 2.24) is 9.88 Å². The Morgan fingerprint density at radius 1 is 1.07 bits per heavy atom. The number of carbonyl (C=O) groups excluding carboxylic acids is 1. The van der Waals surface area contributed by atoms with Crippen molar-refractivity contribution in [2.24, 2.45) is 0 Å². The quantitative estimate of drug-likeness (QED) is 0.635. The van der Waals surface area contributed by atoms with Crippen LogP contribution in [0, 0.1) is 0 Å². The van der Waals surface area contributed by atoms with Gasteiger partial charge in [-0.15, -0.1) is 0 Å². The monoisotopic (exact) mass is 402 g/mol. The van der Waals surface area contributed by atoms with Crippen LogP contribution in [0.15, 0.2) is 79.1 Å². The van der Waals surface area contributed by atoms with E-state index in [4.69, 9.17) is 4.74 Å². The van der Waals surface area contributed by atoms with Crippen molar-refractivity contribution in [2.75, 3.05) is 13.2 Å². The van der Waals surface area contributed by atoms with Gasteiger partial charge in [-0.1, -0.05) is 60.7 Å².